The van der Waals surface area contributed by atoms with Crippen LogP contribution in [0.25, 0.3) is 0 Å². The van der Waals surface area contributed by atoms with E-state index in [1.54, 1.807) is 11.8 Å². The van der Waals surface area contributed by atoms with Crippen LogP contribution in [0, 0.1) is 0 Å². The van der Waals surface area contributed by atoms with E-state index in [2.05, 4.69) is 45.3 Å². The van der Waals surface area contributed by atoms with Gasteiger partial charge in [0.25, 0.3) is 0 Å². The Morgan fingerprint density at radius 2 is 1.45 bits per heavy atom. The van der Waals surface area contributed by atoms with E-state index < -0.39 is 0 Å². The minimum absolute atomic E-state index is 0.191. The number of nitrogens with zero attached hydrogens (tertiary/aromatic N) is 3. The van der Waals surface area contributed by atoms with E-state index in [9.17, 15) is 0 Å². The maximum atomic E-state index is 4.85. The molecule has 0 fully saturated rings. The Kier molecular flexibility index (Phi) is 7.22. The molecular formula is C16H31N5S. The second kappa shape index (κ2) is 8.22. The SMILES string of the molecule is CCSc1nc(C(C)(CC)NC)nc(C(CC)(CC)NC)n1. The predicted molar refractivity (Wildman–Crippen MR) is 94.2 cm³/mol. The van der Waals surface area contributed by atoms with Gasteiger partial charge in [0, 0.05) is 0 Å². The van der Waals surface area contributed by atoms with Crippen LogP contribution >= 0.6 is 11.8 Å². The number of rotatable bonds is 9. The fourth-order valence-corrected chi connectivity index (χ4v) is 3.05. The van der Waals surface area contributed by atoms with E-state index in [1.807, 2.05) is 14.1 Å². The third kappa shape index (κ3) is 3.78. The van der Waals surface area contributed by atoms with Crippen LogP contribution in [-0.4, -0.2) is 34.8 Å². The summed E-state index contributed by atoms with van der Waals surface area (Å²) in [4.78, 5) is 14.3. The zero-order valence-electron chi connectivity index (χ0n) is 15.1. The molecule has 1 atom stereocenters. The fraction of sp³-hybridized carbons (Fsp3) is 0.812. The molecule has 0 aliphatic rings. The van der Waals surface area contributed by atoms with Crippen LogP contribution in [-0.2, 0) is 11.1 Å². The Morgan fingerprint density at radius 3 is 1.86 bits per heavy atom. The van der Waals surface area contributed by atoms with Crippen LogP contribution in [0.3, 0.4) is 0 Å². The van der Waals surface area contributed by atoms with Gasteiger partial charge in [0.15, 0.2) is 16.8 Å². The molecule has 1 heterocycles. The number of hydrogen-bond donors (Lipinski definition) is 2. The molecule has 0 aliphatic heterocycles. The Bertz CT molecular complexity index is 461. The molecule has 0 spiro atoms. The van der Waals surface area contributed by atoms with Gasteiger partial charge in [-0.25, -0.2) is 15.0 Å². The summed E-state index contributed by atoms with van der Waals surface area (Å²) < 4.78 is 0. The molecule has 0 aliphatic carbocycles. The van der Waals surface area contributed by atoms with E-state index in [0.29, 0.717) is 0 Å². The molecule has 0 saturated carbocycles. The smallest absolute Gasteiger partial charge is 0.191 e. The van der Waals surface area contributed by atoms with E-state index in [-0.39, 0.29) is 11.1 Å². The summed E-state index contributed by atoms with van der Waals surface area (Å²) in [5, 5.41) is 7.62. The predicted octanol–water partition coefficient (Wildman–Crippen LogP) is 3.06. The van der Waals surface area contributed by atoms with Crippen molar-refractivity contribution in [3.63, 3.8) is 0 Å². The molecule has 1 aromatic rings. The Labute approximate surface area is 139 Å². The summed E-state index contributed by atoms with van der Waals surface area (Å²) in [6.45, 7) is 10.8. The summed E-state index contributed by atoms with van der Waals surface area (Å²) in [6, 6.07) is 0. The van der Waals surface area contributed by atoms with Crippen molar-refractivity contribution in [1.82, 2.24) is 25.6 Å². The van der Waals surface area contributed by atoms with E-state index in [0.717, 1.165) is 41.8 Å². The summed E-state index contributed by atoms with van der Waals surface area (Å²) in [5.74, 6) is 2.65. The monoisotopic (exact) mass is 325 g/mol. The van der Waals surface area contributed by atoms with Crippen molar-refractivity contribution in [2.75, 3.05) is 19.8 Å². The molecule has 0 radical (unpaired) electrons. The van der Waals surface area contributed by atoms with Crippen molar-refractivity contribution < 1.29 is 0 Å². The fourth-order valence-electron chi connectivity index (χ4n) is 2.49. The lowest BCUT2D eigenvalue weighted by Crippen LogP contribution is -2.43. The van der Waals surface area contributed by atoms with Crippen molar-refractivity contribution >= 4 is 11.8 Å². The highest BCUT2D eigenvalue weighted by atomic mass is 32.2. The standard InChI is InChI=1S/C16H31N5S/c1-8-15(5,17-6)12-19-13(16(9-2,10-3)18-7)21-14(20-12)22-11-4/h17-18H,8-11H2,1-7H3. The van der Waals surface area contributed by atoms with Gasteiger partial charge in [0.2, 0.25) is 0 Å². The summed E-state index contributed by atoms with van der Waals surface area (Å²) in [7, 11) is 3.95. The van der Waals surface area contributed by atoms with Crippen LogP contribution in [0.15, 0.2) is 5.16 Å². The average Bonchev–Trinajstić information content (AvgIpc) is 2.56. The van der Waals surface area contributed by atoms with Crippen molar-refractivity contribution in [2.45, 2.75) is 70.1 Å². The molecular weight excluding hydrogens is 294 g/mol. The quantitative estimate of drug-likeness (QED) is 0.680. The number of hydrogen-bond acceptors (Lipinski definition) is 6. The second-order valence-corrected chi connectivity index (χ2v) is 6.90. The van der Waals surface area contributed by atoms with Crippen LogP contribution in [0.5, 0.6) is 0 Å². The third-order valence-corrected chi connectivity index (χ3v) is 5.48. The second-order valence-electron chi connectivity index (χ2n) is 5.67. The van der Waals surface area contributed by atoms with Gasteiger partial charge in [-0.2, -0.15) is 0 Å². The normalized spacial score (nSPS) is 14.9. The molecule has 2 N–H and O–H groups in total. The maximum absolute atomic E-state index is 4.85. The molecule has 0 bridgehead atoms. The largest absolute Gasteiger partial charge is 0.308 e. The lowest BCUT2D eigenvalue weighted by atomic mass is 9.91. The lowest BCUT2D eigenvalue weighted by molar-refractivity contribution is 0.297. The Balaban J connectivity index is 3.49. The zero-order valence-corrected chi connectivity index (χ0v) is 15.9. The highest BCUT2D eigenvalue weighted by Gasteiger charge is 2.34. The van der Waals surface area contributed by atoms with Crippen LogP contribution in [0.4, 0.5) is 0 Å². The van der Waals surface area contributed by atoms with Gasteiger partial charge in [-0.05, 0) is 46.0 Å². The average molecular weight is 326 g/mol. The summed E-state index contributed by atoms with van der Waals surface area (Å²) >= 11 is 1.67. The highest BCUT2D eigenvalue weighted by Crippen LogP contribution is 2.29. The van der Waals surface area contributed by atoms with E-state index >= 15 is 0 Å². The lowest BCUT2D eigenvalue weighted by Gasteiger charge is -2.32. The van der Waals surface area contributed by atoms with Crippen LogP contribution in [0.1, 0.15) is 65.5 Å². The molecule has 0 aromatic carbocycles. The van der Waals surface area contributed by atoms with E-state index in [4.69, 9.17) is 15.0 Å². The van der Waals surface area contributed by atoms with Gasteiger partial charge >= 0.3 is 0 Å². The molecule has 1 rings (SSSR count). The molecule has 126 valence electrons. The van der Waals surface area contributed by atoms with Gasteiger partial charge in [0.05, 0.1) is 11.1 Å². The van der Waals surface area contributed by atoms with Crippen LogP contribution < -0.4 is 10.6 Å². The first-order valence-corrected chi connectivity index (χ1v) is 9.21. The first kappa shape index (κ1) is 19.3. The van der Waals surface area contributed by atoms with Crippen molar-refractivity contribution in [2.24, 2.45) is 0 Å². The molecule has 0 amide bonds. The molecule has 1 aromatic heterocycles. The number of nitrogens with one attached hydrogen (secondary N) is 2. The molecule has 6 heteroatoms. The third-order valence-electron chi connectivity index (χ3n) is 4.75. The Hall–Kier alpha value is -0.720. The maximum Gasteiger partial charge on any atom is 0.191 e. The van der Waals surface area contributed by atoms with Crippen LogP contribution in [0.2, 0.25) is 0 Å². The van der Waals surface area contributed by atoms with Crippen molar-refractivity contribution in [3.8, 4) is 0 Å². The van der Waals surface area contributed by atoms with Gasteiger partial charge in [-0.15, -0.1) is 0 Å². The number of thioether (sulfide) groups is 1. The Morgan fingerprint density at radius 1 is 0.864 bits per heavy atom. The van der Waals surface area contributed by atoms with Crippen molar-refractivity contribution in [3.05, 3.63) is 11.6 Å². The molecule has 5 nitrogen and oxygen atoms in total. The zero-order chi connectivity index (χ0) is 16.8. The molecule has 1 unspecified atom stereocenters. The first-order valence-electron chi connectivity index (χ1n) is 8.22. The minimum Gasteiger partial charge on any atom is -0.308 e. The molecule has 22 heavy (non-hydrogen) atoms. The first-order chi connectivity index (χ1) is 10.4. The molecule has 0 saturated heterocycles. The topological polar surface area (TPSA) is 62.7 Å². The van der Waals surface area contributed by atoms with Gasteiger partial charge in [-0.3, -0.25) is 0 Å². The van der Waals surface area contributed by atoms with Gasteiger partial charge in [0.1, 0.15) is 0 Å². The highest BCUT2D eigenvalue weighted by molar-refractivity contribution is 7.99. The number of aromatic nitrogens is 3. The van der Waals surface area contributed by atoms with Crippen molar-refractivity contribution in [1.29, 1.82) is 0 Å². The van der Waals surface area contributed by atoms with E-state index in [1.165, 1.54) is 0 Å². The summed E-state index contributed by atoms with van der Waals surface area (Å²) in [6.07, 6.45) is 2.82. The minimum atomic E-state index is -0.234. The van der Waals surface area contributed by atoms with Gasteiger partial charge < -0.3 is 10.6 Å². The summed E-state index contributed by atoms with van der Waals surface area (Å²) in [5.41, 5.74) is -0.426. The van der Waals surface area contributed by atoms with Gasteiger partial charge in [-0.1, -0.05) is 39.5 Å².